The first-order valence-corrected chi connectivity index (χ1v) is 6.72. The molecule has 0 bridgehead atoms. The molecule has 0 saturated carbocycles. The van der Waals surface area contributed by atoms with E-state index in [1.165, 1.54) is 56.4 Å². The molecule has 89 valence electrons. The Labute approximate surface area is 101 Å². The van der Waals surface area contributed by atoms with Crippen molar-refractivity contribution in [2.75, 3.05) is 0 Å². The molecule has 0 aliphatic rings. The number of unbranched alkanes of at least 4 members (excludes halogenated alkanes) is 5. The molecule has 0 atom stereocenters. The van der Waals surface area contributed by atoms with Crippen LogP contribution in [0.15, 0.2) is 30.3 Å². The van der Waals surface area contributed by atoms with Gasteiger partial charge in [-0.3, -0.25) is 0 Å². The average molecular weight is 217 g/mol. The second kappa shape index (κ2) is 8.38. The summed E-state index contributed by atoms with van der Waals surface area (Å²) in [5.74, 6) is 1.54. The number of hydrogen-bond acceptors (Lipinski definition) is 0. The monoisotopic (exact) mass is 217 g/mol. The third-order valence-electron chi connectivity index (χ3n) is 3.17. The number of rotatable bonds is 8. The van der Waals surface area contributed by atoms with Gasteiger partial charge in [0, 0.05) is 5.92 Å². The lowest BCUT2D eigenvalue weighted by atomic mass is 9.95. The van der Waals surface area contributed by atoms with Gasteiger partial charge in [0.15, 0.2) is 0 Å². The SMILES string of the molecule is CCCCCCCC[C](C)c1ccccc1. The Bertz CT molecular complexity index is 250. The summed E-state index contributed by atoms with van der Waals surface area (Å²) in [4.78, 5) is 0. The van der Waals surface area contributed by atoms with Crippen LogP contribution < -0.4 is 0 Å². The van der Waals surface area contributed by atoms with Crippen LogP contribution in [0.4, 0.5) is 0 Å². The third-order valence-corrected chi connectivity index (χ3v) is 3.17. The fraction of sp³-hybridized carbons (Fsp3) is 0.562. The summed E-state index contributed by atoms with van der Waals surface area (Å²) in [6, 6.07) is 10.8. The van der Waals surface area contributed by atoms with E-state index in [1.54, 1.807) is 0 Å². The summed E-state index contributed by atoms with van der Waals surface area (Å²) < 4.78 is 0. The predicted octanol–water partition coefficient (Wildman–Crippen LogP) is 5.38. The van der Waals surface area contributed by atoms with Crippen LogP contribution >= 0.6 is 0 Å². The molecule has 0 aliphatic heterocycles. The highest BCUT2D eigenvalue weighted by Gasteiger charge is 2.04. The van der Waals surface area contributed by atoms with Crippen LogP contribution in [0.3, 0.4) is 0 Å². The van der Waals surface area contributed by atoms with Crippen LogP contribution in [0.5, 0.6) is 0 Å². The van der Waals surface area contributed by atoms with Crippen LogP contribution in [-0.4, -0.2) is 0 Å². The lowest BCUT2D eigenvalue weighted by Crippen LogP contribution is -1.94. The van der Waals surface area contributed by atoms with Gasteiger partial charge in [-0.2, -0.15) is 0 Å². The maximum Gasteiger partial charge on any atom is 0.00189 e. The minimum Gasteiger partial charge on any atom is -0.0654 e. The minimum atomic E-state index is 1.26. The van der Waals surface area contributed by atoms with Crippen LogP contribution in [0.2, 0.25) is 0 Å². The maximum atomic E-state index is 2.27. The first-order valence-electron chi connectivity index (χ1n) is 6.72. The van der Waals surface area contributed by atoms with Crippen molar-refractivity contribution in [1.29, 1.82) is 0 Å². The third kappa shape index (κ3) is 5.34. The smallest absolute Gasteiger partial charge is 0.00189 e. The Morgan fingerprint density at radius 3 is 2.19 bits per heavy atom. The fourth-order valence-electron chi connectivity index (χ4n) is 2.04. The van der Waals surface area contributed by atoms with Gasteiger partial charge >= 0.3 is 0 Å². The van der Waals surface area contributed by atoms with E-state index < -0.39 is 0 Å². The normalized spacial score (nSPS) is 10.9. The highest BCUT2D eigenvalue weighted by Crippen LogP contribution is 2.20. The molecule has 0 unspecified atom stereocenters. The van der Waals surface area contributed by atoms with E-state index in [1.807, 2.05) is 0 Å². The van der Waals surface area contributed by atoms with Gasteiger partial charge in [0.05, 0.1) is 0 Å². The van der Waals surface area contributed by atoms with E-state index >= 15 is 0 Å². The molecular formula is C16H25. The van der Waals surface area contributed by atoms with Crippen molar-refractivity contribution in [2.45, 2.75) is 58.8 Å². The molecule has 0 amide bonds. The van der Waals surface area contributed by atoms with E-state index in [0.29, 0.717) is 0 Å². The summed E-state index contributed by atoms with van der Waals surface area (Å²) >= 11 is 0. The fourth-order valence-corrected chi connectivity index (χ4v) is 2.04. The molecule has 0 heteroatoms. The molecule has 16 heavy (non-hydrogen) atoms. The Morgan fingerprint density at radius 2 is 1.50 bits per heavy atom. The molecule has 1 aromatic rings. The summed E-state index contributed by atoms with van der Waals surface area (Å²) in [6.07, 6.45) is 9.58. The van der Waals surface area contributed by atoms with Crippen molar-refractivity contribution in [3.63, 3.8) is 0 Å². The van der Waals surface area contributed by atoms with Crippen molar-refractivity contribution in [2.24, 2.45) is 0 Å². The number of benzene rings is 1. The summed E-state index contributed by atoms with van der Waals surface area (Å²) in [7, 11) is 0. The zero-order chi connectivity index (χ0) is 11.6. The van der Waals surface area contributed by atoms with Gasteiger partial charge in [-0.15, -0.1) is 0 Å². The molecule has 0 N–H and O–H groups in total. The van der Waals surface area contributed by atoms with Crippen molar-refractivity contribution in [3.05, 3.63) is 41.8 Å². The summed E-state index contributed by atoms with van der Waals surface area (Å²) in [5.41, 5.74) is 1.41. The van der Waals surface area contributed by atoms with E-state index in [0.717, 1.165) is 0 Å². The maximum absolute atomic E-state index is 2.27. The molecule has 1 rings (SSSR count). The second-order valence-corrected chi connectivity index (χ2v) is 4.66. The van der Waals surface area contributed by atoms with E-state index in [-0.39, 0.29) is 0 Å². The molecule has 0 fully saturated rings. The molecule has 1 aromatic carbocycles. The van der Waals surface area contributed by atoms with Crippen LogP contribution in [-0.2, 0) is 0 Å². The van der Waals surface area contributed by atoms with E-state index in [2.05, 4.69) is 44.2 Å². The van der Waals surface area contributed by atoms with E-state index in [9.17, 15) is 0 Å². The quantitative estimate of drug-likeness (QED) is 0.513. The molecule has 0 aromatic heterocycles. The second-order valence-electron chi connectivity index (χ2n) is 4.66. The van der Waals surface area contributed by atoms with E-state index in [4.69, 9.17) is 0 Å². The molecule has 0 heterocycles. The van der Waals surface area contributed by atoms with Gasteiger partial charge in [0.2, 0.25) is 0 Å². The summed E-state index contributed by atoms with van der Waals surface area (Å²) in [5, 5.41) is 0. The molecule has 0 spiro atoms. The first kappa shape index (κ1) is 13.3. The minimum absolute atomic E-state index is 1.26. The predicted molar refractivity (Wildman–Crippen MR) is 72.5 cm³/mol. The standard InChI is InChI=1S/C16H25/c1-3-4-5-6-7-9-12-15(2)16-13-10-8-11-14-16/h8,10-11,13-14H,3-7,9,12H2,1-2H3. The van der Waals surface area contributed by atoms with Gasteiger partial charge in [-0.25, -0.2) is 0 Å². The molecule has 0 aliphatic carbocycles. The Hall–Kier alpha value is -0.780. The molecule has 1 radical (unpaired) electrons. The first-order chi connectivity index (χ1) is 7.84. The largest absolute Gasteiger partial charge is 0.0654 e. The summed E-state index contributed by atoms with van der Waals surface area (Å²) in [6.45, 7) is 4.54. The van der Waals surface area contributed by atoms with Crippen molar-refractivity contribution in [1.82, 2.24) is 0 Å². The Balaban J connectivity index is 2.09. The van der Waals surface area contributed by atoms with Crippen molar-refractivity contribution in [3.8, 4) is 0 Å². The van der Waals surface area contributed by atoms with Gasteiger partial charge in [0.25, 0.3) is 0 Å². The highest BCUT2D eigenvalue weighted by atomic mass is 14.1. The zero-order valence-corrected chi connectivity index (χ0v) is 10.8. The molecular weight excluding hydrogens is 192 g/mol. The van der Waals surface area contributed by atoms with Crippen LogP contribution in [0.1, 0.15) is 64.4 Å². The number of hydrogen-bond donors (Lipinski definition) is 0. The van der Waals surface area contributed by atoms with Gasteiger partial charge in [-0.05, 0) is 12.0 Å². The molecule has 0 nitrogen and oxygen atoms in total. The van der Waals surface area contributed by atoms with Gasteiger partial charge in [0.1, 0.15) is 0 Å². The van der Waals surface area contributed by atoms with Crippen molar-refractivity contribution < 1.29 is 0 Å². The Kier molecular flexibility index (Phi) is 6.96. The lowest BCUT2D eigenvalue weighted by Gasteiger charge is -2.10. The topological polar surface area (TPSA) is 0 Å². The Morgan fingerprint density at radius 1 is 0.875 bits per heavy atom. The van der Waals surface area contributed by atoms with Crippen molar-refractivity contribution >= 4 is 0 Å². The average Bonchev–Trinajstić information content (AvgIpc) is 2.34. The van der Waals surface area contributed by atoms with Gasteiger partial charge < -0.3 is 0 Å². The molecule has 0 saturated heterocycles. The van der Waals surface area contributed by atoms with Gasteiger partial charge in [-0.1, -0.05) is 82.7 Å². The zero-order valence-electron chi connectivity index (χ0n) is 10.8. The van der Waals surface area contributed by atoms with Crippen LogP contribution in [0.25, 0.3) is 0 Å². The highest BCUT2D eigenvalue weighted by molar-refractivity contribution is 5.28. The van der Waals surface area contributed by atoms with Crippen LogP contribution in [0, 0.1) is 5.92 Å². The lowest BCUT2D eigenvalue weighted by molar-refractivity contribution is 0.597.